The lowest BCUT2D eigenvalue weighted by Gasteiger charge is -2.32. The van der Waals surface area contributed by atoms with Gasteiger partial charge < -0.3 is 14.2 Å². The first-order chi connectivity index (χ1) is 10.1. The Balaban J connectivity index is 2.54. The van der Waals surface area contributed by atoms with Crippen LogP contribution in [-0.4, -0.2) is 27.3 Å². The summed E-state index contributed by atoms with van der Waals surface area (Å²) in [5.74, 6) is 1.28. The molecule has 112 valence electrons. The highest BCUT2D eigenvalue weighted by Crippen LogP contribution is 2.39. The predicted molar refractivity (Wildman–Crippen MR) is 79.6 cm³/mol. The Morgan fingerprint density at radius 3 is 2.10 bits per heavy atom. The minimum absolute atomic E-state index is 0.202. The second kappa shape index (κ2) is 6.48. The Bertz CT molecular complexity index is 537. The lowest BCUT2D eigenvalue weighted by atomic mass is 9.74. The van der Waals surface area contributed by atoms with E-state index in [-0.39, 0.29) is 12.4 Å². The van der Waals surface area contributed by atoms with E-state index in [0.717, 1.165) is 17.1 Å². The average Bonchev–Trinajstić information content (AvgIpc) is 2.55. The third-order valence-corrected chi connectivity index (χ3v) is 3.69. The number of allylic oxidation sites excluding steroid dienone is 2. The molecule has 0 unspecified atom stereocenters. The molecule has 21 heavy (non-hydrogen) atoms. The molecule has 1 aromatic carbocycles. The lowest BCUT2D eigenvalue weighted by Crippen LogP contribution is -2.29. The number of esters is 1. The van der Waals surface area contributed by atoms with Gasteiger partial charge in [-0.25, -0.2) is 0 Å². The highest BCUT2D eigenvalue weighted by Gasteiger charge is 2.35. The molecule has 0 aromatic heterocycles. The van der Waals surface area contributed by atoms with Gasteiger partial charge in [0.25, 0.3) is 0 Å². The van der Waals surface area contributed by atoms with Gasteiger partial charge in [0.15, 0.2) is 0 Å². The number of rotatable bonds is 5. The fourth-order valence-corrected chi connectivity index (χ4v) is 2.58. The van der Waals surface area contributed by atoms with Crippen LogP contribution in [0.15, 0.2) is 54.0 Å². The standard InChI is InChI=1S/C17H20O4/c1-19-14-9-15(20-2)11-17(10-14,12-16(18)21-3)13-7-5-4-6-8-13/h4-8,10-11H,9,12H2,1-3H3. The Labute approximate surface area is 125 Å². The normalized spacial score (nSPS) is 16.5. The zero-order valence-corrected chi connectivity index (χ0v) is 12.6. The molecule has 0 atom stereocenters. The van der Waals surface area contributed by atoms with Crippen LogP contribution in [0.25, 0.3) is 0 Å². The maximum atomic E-state index is 11.9. The number of methoxy groups -OCH3 is 3. The van der Waals surface area contributed by atoms with Crippen molar-refractivity contribution in [3.63, 3.8) is 0 Å². The van der Waals surface area contributed by atoms with Gasteiger partial charge in [-0.3, -0.25) is 4.79 Å². The minimum Gasteiger partial charge on any atom is -0.501 e. The quantitative estimate of drug-likeness (QED) is 0.781. The van der Waals surface area contributed by atoms with Crippen LogP contribution in [0.4, 0.5) is 0 Å². The molecular formula is C17H20O4. The zero-order valence-electron chi connectivity index (χ0n) is 12.6. The van der Waals surface area contributed by atoms with Crippen LogP contribution < -0.4 is 0 Å². The van der Waals surface area contributed by atoms with Crippen LogP contribution in [-0.2, 0) is 24.4 Å². The maximum absolute atomic E-state index is 11.9. The maximum Gasteiger partial charge on any atom is 0.307 e. The monoisotopic (exact) mass is 288 g/mol. The Morgan fingerprint density at radius 2 is 1.62 bits per heavy atom. The van der Waals surface area contributed by atoms with Gasteiger partial charge >= 0.3 is 5.97 Å². The Hall–Kier alpha value is -2.23. The molecule has 0 saturated carbocycles. The summed E-state index contributed by atoms with van der Waals surface area (Å²) < 4.78 is 15.7. The molecule has 0 N–H and O–H groups in total. The predicted octanol–water partition coefficient (Wildman–Crippen LogP) is 2.95. The number of ether oxygens (including phenoxy) is 3. The SMILES string of the molecule is COC(=O)CC1(c2ccccc2)C=C(OC)CC(OC)=C1. The molecule has 1 aliphatic carbocycles. The van der Waals surface area contributed by atoms with E-state index < -0.39 is 5.41 Å². The average molecular weight is 288 g/mol. The highest BCUT2D eigenvalue weighted by molar-refractivity contribution is 5.73. The van der Waals surface area contributed by atoms with Gasteiger partial charge in [0.2, 0.25) is 0 Å². The minimum atomic E-state index is -0.608. The summed E-state index contributed by atoms with van der Waals surface area (Å²) in [4.78, 5) is 11.9. The molecule has 0 saturated heterocycles. The third kappa shape index (κ3) is 3.27. The second-order valence-corrected chi connectivity index (χ2v) is 4.97. The zero-order chi connectivity index (χ0) is 15.3. The highest BCUT2D eigenvalue weighted by atomic mass is 16.5. The van der Waals surface area contributed by atoms with Crippen molar-refractivity contribution in [3.05, 3.63) is 59.6 Å². The molecule has 0 bridgehead atoms. The molecule has 4 nitrogen and oxygen atoms in total. The van der Waals surface area contributed by atoms with E-state index in [4.69, 9.17) is 14.2 Å². The number of carbonyl (C=O) groups excluding carboxylic acids is 1. The first kappa shape index (κ1) is 15.2. The fourth-order valence-electron chi connectivity index (χ4n) is 2.58. The van der Waals surface area contributed by atoms with Crippen molar-refractivity contribution >= 4 is 5.97 Å². The molecule has 0 spiro atoms. The van der Waals surface area contributed by atoms with Gasteiger partial charge in [0.05, 0.1) is 34.2 Å². The van der Waals surface area contributed by atoms with Crippen molar-refractivity contribution in [1.29, 1.82) is 0 Å². The molecule has 0 heterocycles. The molecule has 1 aromatic rings. The Morgan fingerprint density at radius 1 is 1.05 bits per heavy atom. The number of hydrogen-bond donors (Lipinski definition) is 0. The van der Waals surface area contributed by atoms with Crippen molar-refractivity contribution in [2.45, 2.75) is 18.3 Å². The summed E-state index contributed by atoms with van der Waals surface area (Å²) in [7, 11) is 4.64. The van der Waals surface area contributed by atoms with Crippen molar-refractivity contribution in [1.82, 2.24) is 0 Å². The largest absolute Gasteiger partial charge is 0.501 e. The molecule has 0 radical (unpaired) electrons. The second-order valence-electron chi connectivity index (χ2n) is 4.97. The van der Waals surface area contributed by atoms with Gasteiger partial charge in [-0.2, -0.15) is 0 Å². The van der Waals surface area contributed by atoms with Crippen LogP contribution in [0.1, 0.15) is 18.4 Å². The van der Waals surface area contributed by atoms with E-state index in [1.807, 2.05) is 42.5 Å². The van der Waals surface area contributed by atoms with E-state index >= 15 is 0 Å². The number of carbonyl (C=O) groups is 1. The number of hydrogen-bond acceptors (Lipinski definition) is 4. The molecule has 1 aliphatic rings. The van der Waals surface area contributed by atoms with Crippen molar-refractivity contribution in [2.75, 3.05) is 21.3 Å². The molecular weight excluding hydrogens is 268 g/mol. The first-order valence-corrected chi connectivity index (χ1v) is 6.77. The van der Waals surface area contributed by atoms with Crippen LogP contribution in [0.3, 0.4) is 0 Å². The number of benzene rings is 1. The summed E-state index contributed by atoms with van der Waals surface area (Å²) >= 11 is 0. The van der Waals surface area contributed by atoms with E-state index in [0.29, 0.717) is 6.42 Å². The van der Waals surface area contributed by atoms with Crippen LogP contribution in [0.5, 0.6) is 0 Å². The molecule has 4 heteroatoms. The van der Waals surface area contributed by atoms with Crippen molar-refractivity contribution in [3.8, 4) is 0 Å². The molecule has 0 fully saturated rings. The first-order valence-electron chi connectivity index (χ1n) is 6.77. The van der Waals surface area contributed by atoms with E-state index in [1.165, 1.54) is 7.11 Å². The topological polar surface area (TPSA) is 44.8 Å². The molecule has 2 rings (SSSR count). The summed E-state index contributed by atoms with van der Waals surface area (Å²) in [6.45, 7) is 0. The molecule has 0 amide bonds. The Kier molecular flexibility index (Phi) is 4.68. The summed E-state index contributed by atoms with van der Waals surface area (Å²) in [6, 6.07) is 9.82. The summed E-state index contributed by atoms with van der Waals surface area (Å²) in [5.41, 5.74) is 0.391. The van der Waals surface area contributed by atoms with Gasteiger partial charge in [-0.15, -0.1) is 0 Å². The summed E-state index contributed by atoms with van der Waals surface area (Å²) in [5, 5.41) is 0. The van der Waals surface area contributed by atoms with Crippen molar-refractivity contribution in [2.24, 2.45) is 0 Å². The third-order valence-electron chi connectivity index (χ3n) is 3.69. The fraction of sp³-hybridized carbons (Fsp3) is 0.353. The van der Waals surface area contributed by atoms with Gasteiger partial charge in [-0.1, -0.05) is 30.3 Å². The summed E-state index contributed by atoms with van der Waals surface area (Å²) in [6.07, 6.45) is 4.74. The smallest absolute Gasteiger partial charge is 0.307 e. The van der Waals surface area contributed by atoms with Crippen LogP contribution in [0.2, 0.25) is 0 Å². The van der Waals surface area contributed by atoms with E-state index in [2.05, 4.69) is 0 Å². The van der Waals surface area contributed by atoms with Gasteiger partial charge in [0, 0.05) is 5.41 Å². The van der Waals surface area contributed by atoms with Crippen molar-refractivity contribution < 1.29 is 19.0 Å². The molecule has 0 aliphatic heterocycles. The van der Waals surface area contributed by atoms with Gasteiger partial charge in [0.1, 0.15) is 11.5 Å². The van der Waals surface area contributed by atoms with Crippen LogP contribution >= 0.6 is 0 Å². The van der Waals surface area contributed by atoms with Gasteiger partial charge in [-0.05, 0) is 17.7 Å². The lowest BCUT2D eigenvalue weighted by molar-refractivity contribution is -0.141. The van der Waals surface area contributed by atoms with E-state index in [9.17, 15) is 4.79 Å². The van der Waals surface area contributed by atoms with E-state index in [1.54, 1.807) is 14.2 Å². The van der Waals surface area contributed by atoms with Crippen LogP contribution in [0, 0.1) is 0 Å².